The summed E-state index contributed by atoms with van der Waals surface area (Å²) in [6.07, 6.45) is 4.65. The van der Waals surface area contributed by atoms with Gasteiger partial charge in [0.05, 0.1) is 11.3 Å². The molecule has 11 nitrogen and oxygen atoms in total. The number of nitro benzene ring substituents is 1. The topological polar surface area (TPSA) is 142 Å². The van der Waals surface area contributed by atoms with Crippen LogP contribution in [0.15, 0.2) is 33.9 Å². The third kappa shape index (κ3) is 5.77. The Morgan fingerprint density at radius 1 is 1.06 bits per heavy atom. The predicted molar refractivity (Wildman–Crippen MR) is 126 cm³/mol. The number of hydrogen-bond acceptors (Lipinski definition) is 7. The predicted octanol–water partition coefficient (Wildman–Crippen LogP) is 3.32. The highest BCUT2D eigenvalue weighted by Crippen LogP contribution is 2.19. The summed E-state index contributed by atoms with van der Waals surface area (Å²) < 4.78 is 8.56. The van der Waals surface area contributed by atoms with Gasteiger partial charge in [-0.3, -0.25) is 29.3 Å². The monoisotopic (exact) mass is 471 g/mol. The van der Waals surface area contributed by atoms with Crippen molar-refractivity contribution in [1.29, 1.82) is 0 Å². The minimum Gasteiger partial charge on any atom is -0.427 e. The van der Waals surface area contributed by atoms with Crippen LogP contribution in [0.25, 0.3) is 11.2 Å². The summed E-state index contributed by atoms with van der Waals surface area (Å²) in [5.74, 6) is 0.211. The number of carbonyl (C=O) groups excluding carboxylic acids is 1. The molecule has 182 valence electrons. The molecule has 0 unspecified atom stereocenters. The lowest BCUT2D eigenvalue weighted by molar-refractivity contribution is -0.384. The van der Waals surface area contributed by atoms with Crippen molar-refractivity contribution < 1.29 is 14.5 Å². The van der Waals surface area contributed by atoms with Crippen LogP contribution in [-0.2, 0) is 24.3 Å². The van der Waals surface area contributed by atoms with Crippen molar-refractivity contribution >= 4 is 22.8 Å². The number of aromatic amines is 1. The van der Waals surface area contributed by atoms with Crippen LogP contribution in [-0.4, -0.2) is 30.0 Å². The van der Waals surface area contributed by atoms with Crippen LogP contribution in [0.4, 0.5) is 5.69 Å². The highest BCUT2D eigenvalue weighted by atomic mass is 16.6. The van der Waals surface area contributed by atoms with Gasteiger partial charge in [-0.05, 0) is 25.0 Å². The van der Waals surface area contributed by atoms with E-state index >= 15 is 0 Å². The average molecular weight is 472 g/mol. The van der Waals surface area contributed by atoms with Crippen LogP contribution in [0, 0.1) is 10.1 Å². The number of carbonyl (C=O) groups is 1. The maximum absolute atomic E-state index is 12.7. The Hall–Kier alpha value is -3.76. The summed E-state index contributed by atoms with van der Waals surface area (Å²) in [7, 11) is 0. The van der Waals surface area contributed by atoms with Gasteiger partial charge >= 0.3 is 11.7 Å². The van der Waals surface area contributed by atoms with E-state index in [1.807, 2.05) is 6.92 Å². The van der Waals surface area contributed by atoms with Gasteiger partial charge in [-0.2, -0.15) is 0 Å². The number of benzene rings is 1. The molecular weight excluding hydrogens is 442 g/mol. The van der Waals surface area contributed by atoms with E-state index in [4.69, 9.17) is 4.74 Å². The highest BCUT2D eigenvalue weighted by Gasteiger charge is 2.19. The second kappa shape index (κ2) is 11.4. The SMILES string of the molecule is CCCCCn1c(CCC(=O)Oc2ccc([N+](=O)[O-])cc2)nc2c1c(=O)[nH]c(=O)n2CCCC. The van der Waals surface area contributed by atoms with Crippen molar-refractivity contribution in [2.45, 2.75) is 71.9 Å². The minimum atomic E-state index is -0.531. The third-order valence-electron chi connectivity index (χ3n) is 5.52. The number of nitro groups is 1. The minimum absolute atomic E-state index is 0.00875. The Kier molecular flexibility index (Phi) is 8.34. The number of aromatic nitrogens is 4. The number of non-ortho nitro benzene ring substituents is 1. The number of nitrogens with one attached hydrogen (secondary N) is 1. The molecule has 0 amide bonds. The fourth-order valence-electron chi connectivity index (χ4n) is 3.73. The summed E-state index contributed by atoms with van der Waals surface area (Å²) in [6.45, 7) is 5.08. The average Bonchev–Trinajstić information content (AvgIpc) is 3.17. The first-order chi connectivity index (χ1) is 16.3. The molecule has 0 radical (unpaired) electrons. The molecule has 3 aromatic rings. The Morgan fingerprint density at radius 3 is 2.38 bits per heavy atom. The molecule has 1 N–H and O–H groups in total. The molecule has 34 heavy (non-hydrogen) atoms. The quantitative estimate of drug-likeness (QED) is 0.140. The van der Waals surface area contributed by atoms with Gasteiger partial charge in [0.25, 0.3) is 11.2 Å². The van der Waals surface area contributed by atoms with E-state index in [-0.39, 0.29) is 24.3 Å². The van der Waals surface area contributed by atoms with Crippen molar-refractivity contribution in [1.82, 2.24) is 19.1 Å². The summed E-state index contributed by atoms with van der Waals surface area (Å²) in [6, 6.07) is 5.25. The Bertz CT molecular complexity index is 1270. The Balaban J connectivity index is 1.86. The second-order valence-electron chi connectivity index (χ2n) is 8.05. The molecule has 0 fully saturated rings. The number of hydrogen-bond donors (Lipinski definition) is 1. The first-order valence-corrected chi connectivity index (χ1v) is 11.5. The summed E-state index contributed by atoms with van der Waals surface area (Å²) in [5.41, 5.74) is -0.410. The van der Waals surface area contributed by atoms with Gasteiger partial charge in [-0.15, -0.1) is 0 Å². The lowest BCUT2D eigenvalue weighted by Gasteiger charge is -2.09. The fraction of sp³-hybridized carbons (Fsp3) is 0.478. The summed E-state index contributed by atoms with van der Waals surface area (Å²) in [4.78, 5) is 54.7. The molecule has 0 aliphatic rings. The number of unbranched alkanes of at least 4 members (excludes halogenated alkanes) is 3. The third-order valence-corrected chi connectivity index (χ3v) is 5.52. The van der Waals surface area contributed by atoms with Crippen LogP contribution in [0.5, 0.6) is 5.75 Å². The van der Waals surface area contributed by atoms with Gasteiger partial charge in [0, 0.05) is 31.6 Å². The normalized spacial score (nSPS) is 11.1. The second-order valence-corrected chi connectivity index (χ2v) is 8.05. The number of imidazole rings is 1. The number of ether oxygens (including phenoxy) is 1. The maximum Gasteiger partial charge on any atom is 0.330 e. The van der Waals surface area contributed by atoms with Crippen LogP contribution >= 0.6 is 0 Å². The molecule has 11 heteroatoms. The number of H-pyrrole nitrogens is 1. The molecule has 0 spiro atoms. The number of aryl methyl sites for hydroxylation is 3. The van der Waals surface area contributed by atoms with Gasteiger partial charge < -0.3 is 9.30 Å². The van der Waals surface area contributed by atoms with Crippen molar-refractivity contribution in [3.63, 3.8) is 0 Å². The smallest absolute Gasteiger partial charge is 0.330 e. The molecular formula is C23H29N5O6. The fourth-order valence-corrected chi connectivity index (χ4v) is 3.73. The highest BCUT2D eigenvalue weighted by molar-refractivity contribution is 5.74. The number of rotatable bonds is 12. The van der Waals surface area contributed by atoms with Crippen molar-refractivity contribution in [3.8, 4) is 5.75 Å². The number of esters is 1. The van der Waals surface area contributed by atoms with Gasteiger partial charge in [0.2, 0.25) is 0 Å². The van der Waals surface area contributed by atoms with Crippen LogP contribution in [0.3, 0.4) is 0 Å². The number of fused-ring (bicyclic) bond motifs is 1. The molecule has 0 aliphatic heterocycles. The molecule has 0 saturated heterocycles. The standard InChI is InChI=1S/C23H29N5O6/c1-3-5-7-15-26-18(12-13-19(29)34-17-10-8-16(9-11-17)28(32)33)24-21-20(26)22(30)25-23(31)27(21)14-6-4-2/h8-11H,3-7,12-15H2,1-2H3,(H,25,30,31). The van der Waals surface area contributed by atoms with Gasteiger partial charge in [-0.1, -0.05) is 33.1 Å². The van der Waals surface area contributed by atoms with Crippen molar-refractivity contribution in [2.24, 2.45) is 0 Å². The molecule has 1 aromatic carbocycles. The lowest BCUT2D eigenvalue weighted by atomic mass is 10.2. The van der Waals surface area contributed by atoms with Crippen molar-refractivity contribution in [3.05, 3.63) is 61.0 Å². The number of nitrogens with zero attached hydrogens (tertiary/aromatic N) is 4. The zero-order valence-corrected chi connectivity index (χ0v) is 19.4. The molecule has 0 aliphatic carbocycles. The Morgan fingerprint density at radius 2 is 1.74 bits per heavy atom. The van der Waals surface area contributed by atoms with E-state index < -0.39 is 22.1 Å². The summed E-state index contributed by atoms with van der Waals surface area (Å²) >= 11 is 0. The van der Waals surface area contributed by atoms with Crippen molar-refractivity contribution in [2.75, 3.05) is 0 Å². The molecule has 0 atom stereocenters. The van der Waals surface area contributed by atoms with Gasteiger partial charge in [0.1, 0.15) is 11.6 Å². The first-order valence-electron chi connectivity index (χ1n) is 11.5. The van der Waals surface area contributed by atoms with E-state index in [2.05, 4.69) is 16.9 Å². The molecule has 2 heterocycles. The molecule has 0 bridgehead atoms. The molecule has 2 aromatic heterocycles. The first kappa shape index (κ1) is 24.9. The molecule has 3 rings (SSSR count). The van der Waals surface area contributed by atoms with E-state index in [1.165, 1.54) is 28.8 Å². The van der Waals surface area contributed by atoms with Crippen LogP contribution in [0.1, 0.15) is 58.2 Å². The van der Waals surface area contributed by atoms with E-state index in [0.29, 0.717) is 30.1 Å². The Labute approximate surface area is 195 Å². The lowest BCUT2D eigenvalue weighted by Crippen LogP contribution is -2.31. The summed E-state index contributed by atoms with van der Waals surface area (Å²) in [5, 5.41) is 10.8. The zero-order chi connectivity index (χ0) is 24.7. The van der Waals surface area contributed by atoms with E-state index in [9.17, 15) is 24.5 Å². The largest absolute Gasteiger partial charge is 0.427 e. The van der Waals surface area contributed by atoms with Gasteiger partial charge in [-0.25, -0.2) is 9.78 Å². The van der Waals surface area contributed by atoms with Crippen LogP contribution in [0.2, 0.25) is 0 Å². The zero-order valence-electron chi connectivity index (χ0n) is 19.4. The molecule has 0 saturated carbocycles. The van der Waals surface area contributed by atoms with Gasteiger partial charge in [0.15, 0.2) is 11.2 Å². The van der Waals surface area contributed by atoms with E-state index in [1.54, 1.807) is 4.57 Å². The van der Waals surface area contributed by atoms with E-state index in [0.717, 1.165) is 32.1 Å². The maximum atomic E-state index is 12.7. The van der Waals surface area contributed by atoms with Crippen LogP contribution < -0.4 is 16.0 Å².